The number of benzene rings is 1. The Kier molecular flexibility index (Phi) is 5.85. The molecule has 102 valence electrons. The zero-order valence-electron chi connectivity index (χ0n) is 10.5. The summed E-state index contributed by atoms with van der Waals surface area (Å²) in [4.78, 5) is 2.08. The fourth-order valence-corrected chi connectivity index (χ4v) is 2.31. The van der Waals surface area contributed by atoms with Crippen LogP contribution in [0.5, 0.6) is 5.75 Å². The van der Waals surface area contributed by atoms with Gasteiger partial charge in [0.2, 0.25) is 0 Å². The number of aromatic hydroxyl groups is 1. The van der Waals surface area contributed by atoms with Crippen molar-refractivity contribution >= 4 is 12.4 Å². The van der Waals surface area contributed by atoms with Gasteiger partial charge in [-0.1, -0.05) is 12.1 Å². The Hall–Kier alpha value is -0.840. The average Bonchev–Trinajstić information content (AvgIpc) is 2.34. The molecule has 0 aromatic heterocycles. The van der Waals surface area contributed by atoms with Gasteiger partial charge >= 0.3 is 0 Å². The molecule has 0 unspecified atom stereocenters. The maximum atomic E-state index is 13.2. The van der Waals surface area contributed by atoms with E-state index >= 15 is 0 Å². The zero-order chi connectivity index (χ0) is 12.3. The van der Waals surface area contributed by atoms with E-state index in [9.17, 15) is 9.50 Å². The van der Waals surface area contributed by atoms with Crippen LogP contribution in [0.4, 0.5) is 4.39 Å². The Balaban J connectivity index is 0.00000162. The first-order chi connectivity index (χ1) is 8.22. The highest BCUT2D eigenvalue weighted by Crippen LogP contribution is 2.30. The molecule has 2 rings (SSSR count). The lowest BCUT2D eigenvalue weighted by Crippen LogP contribution is -2.45. The molecule has 0 saturated carbocycles. The number of aryl methyl sites for hydroxylation is 1. The molecule has 1 atom stereocenters. The predicted octanol–water partition coefficient (Wildman–Crippen LogP) is 2.04. The predicted molar refractivity (Wildman–Crippen MR) is 73.3 cm³/mol. The molecule has 1 aromatic rings. The Bertz CT molecular complexity index is 383. The lowest BCUT2D eigenvalue weighted by molar-refractivity contribution is 0.145. The second-order valence-electron chi connectivity index (χ2n) is 4.52. The number of hydrogen-bond donors (Lipinski definition) is 2. The highest BCUT2D eigenvalue weighted by Gasteiger charge is 2.24. The second-order valence-corrected chi connectivity index (χ2v) is 4.52. The fourth-order valence-electron chi connectivity index (χ4n) is 2.31. The monoisotopic (exact) mass is 274 g/mol. The Morgan fingerprint density at radius 1 is 1.39 bits per heavy atom. The number of alkyl halides is 1. The molecule has 1 aliphatic heterocycles. The van der Waals surface area contributed by atoms with Crippen LogP contribution in [0.25, 0.3) is 0 Å². The number of nitrogens with one attached hydrogen (secondary N) is 1. The van der Waals surface area contributed by atoms with Gasteiger partial charge in [-0.05, 0) is 18.6 Å². The normalized spacial score (nSPS) is 18.1. The SMILES string of the molecule is Cc1ccc([C@H](CF)N2CCNCC2)c(O)c1.Cl. The highest BCUT2D eigenvalue weighted by atomic mass is 35.5. The van der Waals surface area contributed by atoms with Gasteiger partial charge < -0.3 is 10.4 Å². The van der Waals surface area contributed by atoms with Crippen molar-refractivity contribution in [1.82, 2.24) is 10.2 Å². The van der Waals surface area contributed by atoms with E-state index < -0.39 is 6.67 Å². The molecule has 3 nitrogen and oxygen atoms in total. The third-order valence-corrected chi connectivity index (χ3v) is 3.28. The van der Waals surface area contributed by atoms with Gasteiger partial charge in [-0.2, -0.15) is 0 Å². The summed E-state index contributed by atoms with van der Waals surface area (Å²) in [5.74, 6) is 0.200. The summed E-state index contributed by atoms with van der Waals surface area (Å²) < 4.78 is 13.2. The summed E-state index contributed by atoms with van der Waals surface area (Å²) in [7, 11) is 0. The van der Waals surface area contributed by atoms with Crippen LogP contribution in [0, 0.1) is 6.92 Å². The number of piperazine rings is 1. The molecule has 18 heavy (non-hydrogen) atoms. The van der Waals surface area contributed by atoms with Crippen LogP contribution in [-0.2, 0) is 0 Å². The van der Waals surface area contributed by atoms with Gasteiger partial charge in [0.1, 0.15) is 12.4 Å². The smallest absolute Gasteiger partial charge is 0.120 e. The van der Waals surface area contributed by atoms with Crippen LogP contribution in [0.2, 0.25) is 0 Å². The molecule has 0 amide bonds. The van der Waals surface area contributed by atoms with Crippen molar-refractivity contribution in [2.75, 3.05) is 32.9 Å². The van der Waals surface area contributed by atoms with Crippen LogP contribution in [0.15, 0.2) is 18.2 Å². The molecule has 0 aliphatic carbocycles. The Morgan fingerprint density at radius 3 is 2.61 bits per heavy atom. The van der Waals surface area contributed by atoms with Gasteiger partial charge in [-0.3, -0.25) is 4.90 Å². The fraction of sp³-hybridized carbons (Fsp3) is 0.538. The number of hydrogen-bond acceptors (Lipinski definition) is 3. The number of nitrogens with zero attached hydrogens (tertiary/aromatic N) is 1. The first-order valence-electron chi connectivity index (χ1n) is 6.02. The molecule has 2 N–H and O–H groups in total. The topological polar surface area (TPSA) is 35.5 Å². The van der Waals surface area contributed by atoms with Crippen molar-refractivity contribution < 1.29 is 9.50 Å². The lowest BCUT2D eigenvalue weighted by atomic mass is 10.0. The number of halogens is 2. The minimum atomic E-state index is -0.462. The van der Waals surface area contributed by atoms with Gasteiger partial charge in [0.05, 0.1) is 6.04 Å². The van der Waals surface area contributed by atoms with E-state index in [-0.39, 0.29) is 24.2 Å². The third kappa shape index (κ3) is 3.34. The summed E-state index contributed by atoms with van der Waals surface area (Å²) >= 11 is 0. The summed E-state index contributed by atoms with van der Waals surface area (Å²) in [6.45, 7) is 4.85. The summed E-state index contributed by atoms with van der Waals surface area (Å²) in [6, 6.07) is 5.12. The molecule has 0 bridgehead atoms. The Labute approximate surface area is 113 Å². The average molecular weight is 275 g/mol. The summed E-state index contributed by atoms with van der Waals surface area (Å²) in [5, 5.41) is 13.2. The maximum Gasteiger partial charge on any atom is 0.120 e. The molecule has 0 radical (unpaired) electrons. The van der Waals surface area contributed by atoms with E-state index in [1.54, 1.807) is 6.07 Å². The van der Waals surface area contributed by atoms with Crippen LogP contribution in [0.1, 0.15) is 17.2 Å². The highest BCUT2D eigenvalue weighted by molar-refractivity contribution is 5.85. The van der Waals surface area contributed by atoms with Crippen LogP contribution < -0.4 is 5.32 Å². The second kappa shape index (κ2) is 6.92. The van der Waals surface area contributed by atoms with Gasteiger partial charge in [0, 0.05) is 31.7 Å². The van der Waals surface area contributed by atoms with E-state index in [0.29, 0.717) is 5.56 Å². The number of phenols is 1. The quantitative estimate of drug-likeness (QED) is 0.885. The molecular formula is C13H20ClFN2O. The van der Waals surface area contributed by atoms with E-state index in [1.807, 2.05) is 19.1 Å². The zero-order valence-corrected chi connectivity index (χ0v) is 11.3. The van der Waals surface area contributed by atoms with Crippen molar-refractivity contribution in [2.45, 2.75) is 13.0 Å². The van der Waals surface area contributed by atoms with Gasteiger partial charge in [0.25, 0.3) is 0 Å². The lowest BCUT2D eigenvalue weighted by Gasteiger charge is -2.33. The third-order valence-electron chi connectivity index (χ3n) is 3.28. The molecule has 0 spiro atoms. The van der Waals surface area contributed by atoms with Gasteiger partial charge in [-0.15, -0.1) is 12.4 Å². The van der Waals surface area contributed by atoms with Crippen LogP contribution in [0.3, 0.4) is 0 Å². The van der Waals surface area contributed by atoms with E-state index in [1.165, 1.54) is 0 Å². The van der Waals surface area contributed by atoms with Gasteiger partial charge in [0.15, 0.2) is 0 Å². The first kappa shape index (κ1) is 15.2. The van der Waals surface area contributed by atoms with Crippen molar-refractivity contribution in [3.05, 3.63) is 29.3 Å². The number of rotatable bonds is 3. The van der Waals surface area contributed by atoms with Crippen molar-refractivity contribution in [1.29, 1.82) is 0 Å². The minimum absolute atomic E-state index is 0. The summed E-state index contributed by atoms with van der Waals surface area (Å²) in [5.41, 5.74) is 1.68. The van der Waals surface area contributed by atoms with E-state index in [4.69, 9.17) is 0 Å². The molecule has 1 aromatic carbocycles. The molecule has 1 heterocycles. The molecule has 1 aliphatic rings. The van der Waals surface area contributed by atoms with Crippen molar-refractivity contribution in [3.63, 3.8) is 0 Å². The van der Waals surface area contributed by atoms with Gasteiger partial charge in [-0.25, -0.2) is 4.39 Å². The van der Waals surface area contributed by atoms with Crippen molar-refractivity contribution in [3.8, 4) is 5.75 Å². The van der Waals surface area contributed by atoms with Crippen molar-refractivity contribution in [2.24, 2.45) is 0 Å². The van der Waals surface area contributed by atoms with Crippen LogP contribution in [-0.4, -0.2) is 42.9 Å². The van der Waals surface area contributed by atoms with Crippen LogP contribution >= 0.6 is 12.4 Å². The maximum absolute atomic E-state index is 13.2. The molecule has 1 fully saturated rings. The summed E-state index contributed by atoms with van der Waals surface area (Å²) in [6.07, 6.45) is 0. The number of phenolic OH excluding ortho intramolecular Hbond substituents is 1. The first-order valence-corrected chi connectivity index (χ1v) is 6.02. The Morgan fingerprint density at radius 2 is 2.06 bits per heavy atom. The molecule has 5 heteroatoms. The minimum Gasteiger partial charge on any atom is -0.508 e. The van der Waals surface area contributed by atoms with E-state index in [0.717, 1.165) is 31.7 Å². The molecule has 1 saturated heterocycles. The van der Waals surface area contributed by atoms with E-state index in [2.05, 4.69) is 10.2 Å². The molecular weight excluding hydrogens is 255 g/mol. The standard InChI is InChI=1S/C13H19FN2O.ClH/c1-10-2-3-11(13(17)8-10)12(9-14)16-6-4-15-5-7-16;/h2-3,8,12,15,17H,4-7,9H2,1H3;1H/t12-;/m0./s1. The largest absolute Gasteiger partial charge is 0.508 e.